The fourth-order valence-corrected chi connectivity index (χ4v) is 7.56. The van der Waals surface area contributed by atoms with E-state index in [1.165, 1.54) is 6.42 Å². The first-order chi connectivity index (χ1) is 11.8. The molecule has 9 heteroatoms. The van der Waals surface area contributed by atoms with E-state index in [2.05, 4.69) is 5.32 Å². The van der Waals surface area contributed by atoms with Gasteiger partial charge in [0.1, 0.15) is 0 Å². The molecule has 0 saturated heterocycles. The van der Waals surface area contributed by atoms with E-state index in [-0.39, 0.29) is 25.8 Å². The molecule has 0 aromatic rings. The maximum absolute atomic E-state index is 13.2. The fraction of sp³-hybridized carbons (Fsp3) is 1.00. The first kappa shape index (κ1) is 23.3. The van der Waals surface area contributed by atoms with Crippen molar-refractivity contribution in [3.05, 3.63) is 0 Å². The highest BCUT2D eigenvalue weighted by molar-refractivity contribution is 7.72. The summed E-state index contributed by atoms with van der Waals surface area (Å²) in [6, 6.07) is 0.261. The molecule has 0 aliphatic heterocycles. The molecular formula is C16H35NO6P2. The maximum atomic E-state index is 13.2. The molecule has 0 aromatic carbocycles. The number of hydrogen-bond acceptors (Lipinski definition) is 6. The Hall–Kier alpha value is 0.260. The zero-order chi connectivity index (χ0) is 18.9. The summed E-state index contributed by atoms with van der Waals surface area (Å²) in [5, 5.41) is 2.07. The third kappa shape index (κ3) is 7.42. The fourth-order valence-electron chi connectivity index (χ4n) is 2.96. The van der Waals surface area contributed by atoms with Gasteiger partial charge in [-0.15, -0.1) is 0 Å². The summed E-state index contributed by atoms with van der Waals surface area (Å²) in [6.07, 6.45) is 5.69. The van der Waals surface area contributed by atoms with Crippen LogP contribution in [0.25, 0.3) is 0 Å². The van der Waals surface area contributed by atoms with Crippen molar-refractivity contribution in [2.75, 3.05) is 19.8 Å². The zero-order valence-corrected chi connectivity index (χ0v) is 17.8. The van der Waals surface area contributed by atoms with E-state index in [1.807, 2.05) is 6.92 Å². The Bertz CT molecular complexity index is 460. The Morgan fingerprint density at radius 1 is 1.08 bits per heavy atom. The van der Waals surface area contributed by atoms with Crippen LogP contribution in [0, 0.1) is 0 Å². The Morgan fingerprint density at radius 2 is 1.64 bits per heavy atom. The highest BCUT2D eigenvalue weighted by Crippen LogP contribution is 2.68. The van der Waals surface area contributed by atoms with Crippen LogP contribution in [0.15, 0.2) is 0 Å². The van der Waals surface area contributed by atoms with E-state index in [4.69, 9.17) is 13.6 Å². The maximum Gasteiger partial charge on any atom is 0.347 e. The Kier molecular flexibility index (Phi) is 10.4. The Morgan fingerprint density at radius 3 is 2.12 bits per heavy atom. The van der Waals surface area contributed by atoms with Crippen LogP contribution in [0.4, 0.5) is 0 Å². The van der Waals surface area contributed by atoms with E-state index in [1.54, 1.807) is 20.8 Å². The minimum absolute atomic E-state index is 0.0756. The second kappa shape index (κ2) is 11.2. The highest BCUT2D eigenvalue weighted by atomic mass is 31.2. The largest absolute Gasteiger partial charge is 0.347 e. The molecule has 0 aromatic heterocycles. The lowest BCUT2D eigenvalue weighted by Crippen LogP contribution is -2.37. The molecular weight excluding hydrogens is 364 g/mol. The second-order valence-corrected chi connectivity index (χ2v) is 11.1. The van der Waals surface area contributed by atoms with Gasteiger partial charge in [-0.3, -0.25) is 9.13 Å². The molecule has 25 heavy (non-hydrogen) atoms. The normalized spacial score (nSPS) is 21.6. The van der Waals surface area contributed by atoms with E-state index in [0.717, 1.165) is 25.7 Å². The first-order valence-electron chi connectivity index (χ1n) is 9.42. The van der Waals surface area contributed by atoms with Crippen molar-refractivity contribution in [3.8, 4) is 0 Å². The third-order valence-corrected chi connectivity index (χ3v) is 9.93. The first-order valence-corrected chi connectivity index (χ1v) is 12.7. The van der Waals surface area contributed by atoms with Crippen molar-refractivity contribution in [2.45, 2.75) is 83.8 Å². The molecule has 1 saturated carbocycles. The molecule has 0 radical (unpaired) electrons. The predicted octanol–water partition coefficient (Wildman–Crippen LogP) is 4.50. The lowest BCUT2D eigenvalue weighted by Gasteiger charge is -2.32. The molecule has 7 nitrogen and oxygen atoms in total. The molecule has 1 aliphatic rings. The van der Waals surface area contributed by atoms with Gasteiger partial charge in [0.25, 0.3) is 0 Å². The SMILES string of the molecule is CCOP(=O)(OCC)C(CNC1CCCCC1)P(=O)(O)OC(C)CC. The van der Waals surface area contributed by atoms with E-state index in [0.29, 0.717) is 6.42 Å². The van der Waals surface area contributed by atoms with Crippen molar-refractivity contribution in [1.29, 1.82) is 0 Å². The van der Waals surface area contributed by atoms with Crippen molar-refractivity contribution in [2.24, 2.45) is 0 Å². The number of nitrogens with one attached hydrogen (secondary N) is 1. The van der Waals surface area contributed by atoms with Gasteiger partial charge in [0.15, 0.2) is 5.40 Å². The lowest BCUT2D eigenvalue weighted by atomic mass is 9.96. The molecule has 0 spiro atoms. The monoisotopic (exact) mass is 399 g/mol. The van der Waals surface area contributed by atoms with Crippen LogP contribution in [-0.2, 0) is 22.7 Å². The second-order valence-electron chi connectivity index (χ2n) is 6.49. The van der Waals surface area contributed by atoms with Crippen LogP contribution in [0.3, 0.4) is 0 Å². The van der Waals surface area contributed by atoms with Crippen LogP contribution in [-0.4, -0.2) is 42.2 Å². The molecule has 3 atom stereocenters. The quantitative estimate of drug-likeness (QED) is 0.467. The average Bonchev–Trinajstić information content (AvgIpc) is 2.55. The molecule has 0 heterocycles. The third-order valence-electron chi connectivity index (χ3n) is 4.46. The Labute approximate surface area is 152 Å². The van der Waals surface area contributed by atoms with Gasteiger partial charge in [0.05, 0.1) is 19.3 Å². The predicted molar refractivity (Wildman–Crippen MR) is 100 cm³/mol. The molecule has 2 N–H and O–H groups in total. The number of hydrogen-bond donors (Lipinski definition) is 2. The summed E-state index contributed by atoms with van der Waals surface area (Å²) >= 11 is 0. The molecule has 3 unspecified atom stereocenters. The molecule has 1 rings (SSSR count). The van der Waals surface area contributed by atoms with Crippen LogP contribution in [0.2, 0.25) is 0 Å². The average molecular weight is 399 g/mol. The molecule has 150 valence electrons. The van der Waals surface area contributed by atoms with Gasteiger partial charge in [0, 0.05) is 12.6 Å². The van der Waals surface area contributed by atoms with Crippen molar-refractivity contribution in [3.63, 3.8) is 0 Å². The Balaban J connectivity index is 2.97. The zero-order valence-electron chi connectivity index (χ0n) is 16.0. The minimum atomic E-state index is -4.20. The van der Waals surface area contributed by atoms with E-state index in [9.17, 15) is 14.0 Å². The summed E-state index contributed by atoms with van der Waals surface area (Å²) < 4.78 is 42.2. The molecule has 1 aliphatic carbocycles. The number of rotatable bonds is 12. The van der Waals surface area contributed by atoms with Crippen molar-refractivity contribution < 1.29 is 27.6 Å². The standard InChI is InChI=1S/C16H35NO6P2/c1-5-14(4)23-24(18,19)16(25(20,21-6-2)22-7-3)13-17-15-11-9-8-10-12-15/h14-17H,5-13H2,1-4H3,(H,18,19). The van der Waals surface area contributed by atoms with E-state index >= 15 is 0 Å². The van der Waals surface area contributed by atoms with Crippen LogP contribution < -0.4 is 5.32 Å². The summed E-state index contributed by atoms with van der Waals surface area (Å²) in [5.41, 5.74) is 0. The van der Waals surface area contributed by atoms with Gasteiger partial charge in [-0.1, -0.05) is 26.2 Å². The molecule has 1 fully saturated rings. The van der Waals surface area contributed by atoms with Gasteiger partial charge < -0.3 is 23.8 Å². The lowest BCUT2D eigenvalue weighted by molar-refractivity contribution is 0.174. The summed E-state index contributed by atoms with van der Waals surface area (Å²) in [5.74, 6) is 0. The molecule has 0 bridgehead atoms. The van der Waals surface area contributed by atoms with Crippen molar-refractivity contribution >= 4 is 15.2 Å². The van der Waals surface area contributed by atoms with Gasteiger partial charge in [-0.2, -0.15) is 0 Å². The van der Waals surface area contributed by atoms with Crippen LogP contribution in [0.5, 0.6) is 0 Å². The van der Waals surface area contributed by atoms with Gasteiger partial charge in [0.2, 0.25) is 0 Å². The molecule has 0 amide bonds. The van der Waals surface area contributed by atoms with Gasteiger partial charge in [-0.05, 0) is 40.0 Å². The summed E-state index contributed by atoms with van der Waals surface area (Å²) in [4.78, 5) is 10.6. The summed E-state index contributed by atoms with van der Waals surface area (Å²) in [7, 11) is -7.99. The topological polar surface area (TPSA) is 94.1 Å². The van der Waals surface area contributed by atoms with Gasteiger partial charge >= 0.3 is 15.2 Å². The van der Waals surface area contributed by atoms with Crippen LogP contribution in [0.1, 0.15) is 66.2 Å². The van der Waals surface area contributed by atoms with Gasteiger partial charge in [-0.25, -0.2) is 0 Å². The summed E-state index contributed by atoms with van der Waals surface area (Å²) in [6.45, 7) is 7.32. The van der Waals surface area contributed by atoms with E-state index < -0.39 is 26.7 Å². The minimum Gasteiger partial charge on any atom is -0.324 e. The van der Waals surface area contributed by atoms with Crippen LogP contribution >= 0.6 is 15.2 Å². The smallest absolute Gasteiger partial charge is 0.324 e. The highest BCUT2D eigenvalue weighted by Gasteiger charge is 2.49. The van der Waals surface area contributed by atoms with Crippen molar-refractivity contribution in [1.82, 2.24) is 5.32 Å².